The van der Waals surface area contributed by atoms with E-state index in [-0.39, 0.29) is 0 Å². The van der Waals surface area contributed by atoms with Crippen LogP contribution in [-0.4, -0.2) is 0 Å². The number of aryl methyl sites for hydroxylation is 2. The second-order valence-corrected chi connectivity index (χ2v) is 11.8. The van der Waals surface area contributed by atoms with Gasteiger partial charge in [0.15, 0.2) is 0 Å². The highest BCUT2D eigenvalue weighted by Crippen LogP contribution is 2.46. The predicted molar refractivity (Wildman–Crippen MR) is 166 cm³/mol. The summed E-state index contributed by atoms with van der Waals surface area (Å²) in [4.78, 5) is 0. The fourth-order valence-corrected chi connectivity index (χ4v) is 7.08. The lowest BCUT2D eigenvalue weighted by molar-refractivity contribution is 0.689. The molecular formula is C39H36. The monoisotopic (exact) mass is 504 g/mol. The maximum atomic E-state index is 2.49. The van der Waals surface area contributed by atoms with Gasteiger partial charge >= 0.3 is 0 Å². The van der Waals surface area contributed by atoms with Crippen LogP contribution in [0.2, 0.25) is 0 Å². The van der Waals surface area contributed by atoms with Crippen LogP contribution >= 0.6 is 0 Å². The Labute approximate surface area is 233 Å². The maximum absolute atomic E-state index is 2.49. The standard InChI is InChI=1S/C39H36/c1-25-10-4-5-13-33(25)38-23-30(24-39-35-15-9-7-12-32(35)27(3)17-21-36(38)39)29-20-19-28-18-16-26(2)31-11-6-8-14-34(31)37(28)22-29/h4-15,19-20,22-24,26-27H,16-18,21H2,1-3H3/t26?,27-/m1/s1. The van der Waals surface area contributed by atoms with Crippen LogP contribution in [0.25, 0.3) is 44.5 Å². The smallest absolute Gasteiger partial charge is 0.0137 e. The van der Waals surface area contributed by atoms with Gasteiger partial charge in [0.2, 0.25) is 0 Å². The van der Waals surface area contributed by atoms with E-state index in [2.05, 4.69) is 124 Å². The van der Waals surface area contributed by atoms with Crippen molar-refractivity contribution in [1.29, 1.82) is 0 Å². The Morgan fingerprint density at radius 1 is 0.487 bits per heavy atom. The first-order valence-corrected chi connectivity index (χ1v) is 14.6. The van der Waals surface area contributed by atoms with Gasteiger partial charge in [0.05, 0.1) is 0 Å². The molecule has 0 heterocycles. The first-order valence-electron chi connectivity index (χ1n) is 14.6. The first-order chi connectivity index (χ1) is 19.1. The van der Waals surface area contributed by atoms with E-state index in [1.165, 1.54) is 85.2 Å². The molecule has 2 aliphatic carbocycles. The van der Waals surface area contributed by atoms with Crippen LogP contribution < -0.4 is 0 Å². The molecule has 0 N–H and O–H groups in total. The largest absolute Gasteiger partial charge is 0.0620 e. The molecule has 39 heavy (non-hydrogen) atoms. The van der Waals surface area contributed by atoms with Gasteiger partial charge in [-0.15, -0.1) is 0 Å². The minimum Gasteiger partial charge on any atom is -0.0620 e. The molecule has 0 radical (unpaired) electrons. The zero-order valence-electron chi connectivity index (χ0n) is 23.3. The fraction of sp³-hybridized carbons (Fsp3) is 0.231. The molecule has 0 amide bonds. The summed E-state index contributed by atoms with van der Waals surface area (Å²) in [6.45, 7) is 7.02. The van der Waals surface area contributed by atoms with E-state index < -0.39 is 0 Å². The van der Waals surface area contributed by atoms with E-state index in [0.29, 0.717) is 11.8 Å². The van der Waals surface area contributed by atoms with Crippen LogP contribution in [0.3, 0.4) is 0 Å². The first kappa shape index (κ1) is 24.2. The van der Waals surface area contributed by atoms with Crippen LogP contribution in [-0.2, 0) is 12.8 Å². The third kappa shape index (κ3) is 4.14. The minimum atomic E-state index is 0.549. The maximum Gasteiger partial charge on any atom is -0.0137 e. The Hall–Kier alpha value is -3.90. The van der Waals surface area contributed by atoms with E-state index in [1.54, 1.807) is 0 Å². The Morgan fingerprint density at radius 2 is 1.03 bits per heavy atom. The van der Waals surface area contributed by atoms with Crippen LogP contribution in [0.4, 0.5) is 0 Å². The van der Waals surface area contributed by atoms with E-state index in [4.69, 9.17) is 0 Å². The number of rotatable bonds is 2. The van der Waals surface area contributed by atoms with Gasteiger partial charge in [-0.05, 0) is 135 Å². The molecule has 1 unspecified atom stereocenters. The lowest BCUT2D eigenvalue weighted by Gasteiger charge is -2.19. The van der Waals surface area contributed by atoms with Crippen molar-refractivity contribution >= 4 is 0 Å². The molecule has 192 valence electrons. The zero-order chi connectivity index (χ0) is 26.5. The summed E-state index contributed by atoms with van der Waals surface area (Å²) in [6, 6.07) is 39.3. The molecule has 0 aromatic heterocycles. The van der Waals surface area contributed by atoms with Crippen molar-refractivity contribution in [2.24, 2.45) is 0 Å². The van der Waals surface area contributed by atoms with Crippen molar-refractivity contribution in [2.75, 3.05) is 0 Å². The molecule has 0 heteroatoms. The van der Waals surface area contributed by atoms with E-state index in [1.807, 2.05) is 0 Å². The quantitative estimate of drug-likeness (QED) is 0.224. The predicted octanol–water partition coefficient (Wildman–Crippen LogP) is 10.8. The summed E-state index contributed by atoms with van der Waals surface area (Å²) in [5.41, 5.74) is 18.3. The van der Waals surface area contributed by atoms with Crippen molar-refractivity contribution in [2.45, 2.75) is 58.3 Å². The van der Waals surface area contributed by atoms with Crippen LogP contribution in [0.5, 0.6) is 0 Å². The van der Waals surface area contributed by atoms with Crippen molar-refractivity contribution in [1.82, 2.24) is 0 Å². The molecule has 0 aliphatic heterocycles. The Balaban J connectivity index is 1.49. The second kappa shape index (κ2) is 9.69. The van der Waals surface area contributed by atoms with Gasteiger partial charge in [-0.2, -0.15) is 0 Å². The molecule has 0 bridgehead atoms. The lowest BCUT2D eigenvalue weighted by atomic mass is 9.84. The summed E-state index contributed by atoms with van der Waals surface area (Å²) in [7, 11) is 0. The van der Waals surface area contributed by atoms with E-state index >= 15 is 0 Å². The van der Waals surface area contributed by atoms with Crippen molar-refractivity contribution < 1.29 is 0 Å². The van der Waals surface area contributed by atoms with Crippen molar-refractivity contribution in [3.8, 4) is 44.5 Å². The molecular weight excluding hydrogens is 468 g/mol. The molecule has 2 aliphatic rings. The summed E-state index contributed by atoms with van der Waals surface area (Å²) in [5.74, 6) is 1.13. The average molecular weight is 505 g/mol. The van der Waals surface area contributed by atoms with E-state index in [0.717, 1.165) is 12.8 Å². The fourth-order valence-electron chi connectivity index (χ4n) is 7.08. The minimum absolute atomic E-state index is 0.549. The molecule has 7 rings (SSSR count). The van der Waals surface area contributed by atoms with Gasteiger partial charge in [0, 0.05) is 0 Å². The van der Waals surface area contributed by atoms with Crippen molar-refractivity contribution in [3.05, 3.63) is 131 Å². The molecule has 5 aromatic rings. The molecule has 0 saturated carbocycles. The van der Waals surface area contributed by atoms with Gasteiger partial charge in [0.1, 0.15) is 0 Å². The van der Waals surface area contributed by atoms with Crippen LogP contribution in [0, 0.1) is 6.92 Å². The van der Waals surface area contributed by atoms with Crippen LogP contribution in [0.15, 0.2) is 103 Å². The SMILES string of the molecule is Cc1ccccc1-c1cc(-c2ccc3c(c2)-c2ccccc2C(C)CC3)cc2c1CC[C@@H](C)c1ccccc1-2. The Bertz CT molecular complexity index is 1700. The summed E-state index contributed by atoms with van der Waals surface area (Å²) in [6.07, 6.45) is 4.62. The molecule has 0 fully saturated rings. The van der Waals surface area contributed by atoms with Gasteiger partial charge in [0.25, 0.3) is 0 Å². The summed E-state index contributed by atoms with van der Waals surface area (Å²) >= 11 is 0. The summed E-state index contributed by atoms with van der Waals surface area (Å²) in [5, 5.41) is 0. The topological polar surface area (TPSA) is 0 Å². The Morgan fingerprint density at radius 3 is 1.72 bits per heavy atom. The highest BCUT2D eigenvalue weighted by Gasteiger charge is 2.24. The van der Waals surface area contributed by atoms with Crippen molar-refractivity contribution in [3.63, 3.8) is 0 Å². The highest BCUT2D eigenvalue weighted by atomic mass is 14.3. The lowest BCUT2D eigenvalue weighted by Crippen LogP contribution is -1.97. The average Bonchev–Trinajstić information content (AvgIpc) is 3.21. The highest BCUT2D eigenvalue weighted by molar-refractivity contribution is 5.89. The van der Waals surface area contributed by atoms with Gasteiger partial charge in [-0.3, -0.25) is 0 Å². The third-order valence-corrected chi connectivity index (χ3v) is 9.37. The number of fused-ring (bicyclic) bond motifs is 6. The second-order valence-electron chi connectivity index (χ2n) is 11.8. The van der Waals surface area contributed by atoms with Gasteiger partial charge in [-0.1, -0.05) is 98.8 Å². The molecule has 0 nitrogen and oxygen atoms in total. The third-order valence-electron chi connectivity index (χ3n) is 9.37. The van der Waals surface area contributed by atoms with Crippen LogP contribution in [0.1, 0.15) is 66.3 Å². The number of benzene rings is 5. The summed E-state index contributed by atoms with van der Waals surface area (Å²) < 4.78 is 0. The number of hydrogen-bond acceptors (Lipinski definition) is 0. The Kier molecular flexibility index (Phi) is 6.00. The molecule has 5 aromatic carbocycles. The van der Waals surface area contributed by atoms with Gasteiger partial charge in [-0.25, -0.2) is 0 Å². The van der Waals surface area contributed by atoms with Gasteiger partial charge < -0.3 is 0 Å². The zero-order valence-corrected chi connectivity index (χ0v) is 23.3. The molecule has 0 spiro atoms. The van der Waals surface area contributed by atoms with E-state index in [9.17, 15) is 0 Å². The normalized spacial score (nSPS) is 17.7. The molecule has 2 atom stereocenters. The number of hydrogen-bond donors (Lipinski definition) is 0. The molecule has 0 saturated heterocycles.